The lowest BCUT2D eigenvalue weighted by molar-refractivity contribution is 0.886. The van der Waals surface area contributed by atoms with Crippen LogP contribution in [0.15, 0.2) is 41.6 Å². The summed E-state index contributed by atoms with van der Waals surface area (Å²) in [5, 5.41) is 9.92. The van der Waals surface area contributed by atoms with E-state index in [0.29, 0.717) is 10.9 Å². The predicted octanol–water partition coefficient (Wildman–Crippen LogP) is 4.05. The molecule has 0 aromatic carbocycles. The first-order chi connectivity index (χ1) is 9.88. The number of hydrogen-bond donors (Lipinski definition) is 0. The molecule has 4 heteroatoms. The molecule has 1 fully saturated rings. The van der Waals surface area contributed by atoms with Crippen molar-refractivity contribution in [3.8, 4) is 17.3 Å². The number of rotatable bonds is 3. The first-order valence-corrected chi connectivity index (χ1v) is 7.73. The Morgan fingerprint density at radius 1 is 1.10 bits per heavy atom. The maximum Gasteiger partial charge on any atom is 0.154 e. The number of nitrogens with zero attached hydrogens (tertiary/aromatic N) is 3. The summed E-state index contributed by atoms with van der Waals surface area (Å²) < 4.78 is 0. The van der Waals surface area contributed by atoms with Crippen LogP contribution in [0.4, 0.5) is 0 Å². The molecule has 0 unspecified atom stereocenters. The SMILES string of the molecule is N#Cc1nccc(-c2ccccn2)c1SC1CCCC1. The third-order valence-corrected chi connectivity index (χ3v) is 4.99. The van der Waals surface area contributed by atoms with E-state index in [9.17, 15) is 5.26 Å². The fourth-order valence-electron chi connectivity index (χ4n) is 2.54. The van der Waals surface area contributed by atoms with Crippen LogP contribution in [-0.4, -0.2) is 15.2 Å². The molecule has 100 valence electrons. The molecule has 0 saturated heterocycles. The lowest BCUT2D eigenvalue weighted by atomic mass is 10.1. The van der Waals surface area contributed by atoms with Crippen molar-refractivity contribution in [1.82, 2.24) is 9.97 Å². The summed E-state index contributed by atoms with van der Waals surface area (Å²) in [6.45, 7) is 0. The smallest absolute Gasteiger partial charge is 0.154 e. The fourth-order valence-corrected chi connectivity index (χ4v) is 3.96. The number of hydrogen-bond acceptors (Lipinski definition) is 4. The Morgan fingerprint density at radius 2 is 1.95 bits per heavy atom. The molecule has 3 nitrogen and oxygen atoms in total. The van der Waals surface area contributed by atoms with Gasteiger partial charge in [0.25, 0.3) is 0 Å². The molecular weight excluding hydrogens is 266 g/mol. The Bertz CT molecular complexity index is 628. The second-order valence-corrected chi connectivity index (χ2v) is 6.20. The van der Waals surface area contributed by atoms with Crippen LogP contribution in [0.3, 0.4) is 0 Å². The Balaban J connectivity index is 2.03. The van der Waals surface area contributed by atoms with Gasteiger partial charge in [0.05, 0.1) is 10.6 Å². The van der Waals surface area contributed by atoms with Crippen LogP contribution in [0.25, 0.3) is 11.3 Å². The normalized spacial score (nSPS) is 15.2. The standard InChI is InChI=1S/C16H15N3S/c17-11-15-16(20-12-5-1-2-6-12)13(8-10-19-15)14-7-3-4-9-18-14/h3-4,7-10,12H,1-2,5-6H2. The van der Waals surface area contributed by atoms with Crippen molar-refractivity contribution in [3.05, 3.63) is 42.4 Å². The van der Waals surface area contributed by atoms with E-state index < -0.39 is 0 Å². The minimum absolute atomic E-state index is 0.519. The first kappa shape index (κ1) is 13.1. The van der Waals surface area contributed by atoms with E-state index in [1.54, 1.807) is 24.2 Å². The molecule has 0 aliphatic heterocycles. The minimum atomic E-state index is 0.519. The lowest BCUT2D eigenvalue weighted by Gasteiger charge is -2.13. The summed E-state index contributed by atoms with van der Waals surface area (Å²) in [5.74, 6) is 0. The van der Waals surface area contributed by atoms with Gasteiger partial charge in [0.1, 0.15) is 6.07 Å². The monoisotopic (exact) mass is 281 g/mol. The van der Waals surface area contributed by atoms with E-state index in [1.165, 1.54) is 25.7 Å². The molecule has 0 bridgehead atoms. The molecular formula is C16H15N3S. The fraction of sp³-hybridized carbons (Fsp3) is 0.312. The minimum Gasteiger partial charge on any atom is -0.256 e. The Morgan fingerprint density at radius 3 is 2.65 bits per heavy atom. The van der Waals surface area contributed by atoms with E-state index in [4.69, 9.17) is 0 Å². The number of pyridine rings is 2. The molecule has 2 aromatic heterocycles. The van der Waals surface area contributed by atoms with Gasteiger partial charge in [-0.25, -0.2) is 4.98 Å². The third-order valence-electron chi connectivity index (χ3n) is 3.54. The Labute approximate surface area is 123 Å². The summed E-state index contributed by atoms with van der Waals surface area (Å²) >= 11 is 1.80. The molecule has 0 amide bonds. The Hall–Kier alpha value is -1.86. The molecule has 0 radical (unpaired) electrons. The van der Waals surface area contributed by atoms with Gasteiger partial charge in [-0.1, -0.05) is 18.9 Å². The summed E-state index contributed by atoms with van der Waals surface area (Å²) in [6, 6.07) is 10.0. The molecule has 20 heavy (non-hydrogen) atoms. The maximum atomic E-state index is 9.32. The second-order valence-electron chi connectivity index (χ2n) is 4.89. The molecule has 1 saturated carbocycles. The zero-order valence-electron chi connectivity index (χ0n) is 11.1. The first-order valence-electron chi connectivity index (χ1n) is 6.85. The van der Waals surface area contributed by atoms with Crippen molar-refractivity contribution >= 4 is 11.8 Å². The van der Waals surface area contributed by atoms with E-state index >= 15 is 0 Å². The summed E-state index contributed by atoms with van der Waals surface area (Å²) in [7, 11) is 0. The van der Waals surface area contributed by atoms with Crippen molar-refractivity contribution in [2.75, 3.05) is 0 Å². The van der Waals surface area contributed by atoms with E-state index in [-0.39, 0.29) is 0 Å². The van der Waals surface area contributed by atoms with Crippen LogP contribution in [-0.2, 0) is 0 Å². The molecule has 1 aliphatic rings. The third kappa shape index (κ3) is 2.68. The van der Waals surface area contributed by atoms with E-state index in [1.807, 2.05) is 24.3 Å². The van der Waals surface area contributed by atoms with Crippen molar-refractivity contribution in [2.45, 2.75) is 35.8 Å². The van der Waals surface area contributed by atoms with Crippen LogP contribution in [0, 0.1) is 11.3 Å². The van der Waals surface area contributed by atoms with Gasteiger partial charge in [0.15, 0.2) is 5.69 Å². The summed E-state index contributed by atoms with van der Waals surface area (Å²) in [4.78, 5) is 9.61. The molecule has 3 rings (SSSR count). The summed E-state index contributed by atoms with van der Waals surface area (Å²) in [6.07, 6.45) is 8.52. The lowest BCUT2D eigenvalue weighted by Crippen LogP contribution is -1.99. The van der Waals surface area contributed by atoms with Gasteiger partial charge in [-0.2, -0.15) is 5.26 Å². The van der Waals surface area contributed by atoms with Crippen LogP contribution in [0.5, 0.6) is 0 Å². The molecule has 0 atom stereocenters. The van der Waals surface area contributed by atoms with Gasteiger partial charge < -0.3 is 0 Å². The zero-order valence-corrected chi connectivity index (χ0v) is 11.9. The number of thioether (sulfide) groups is 1. The largest absolute Gasteiger partial charge is 0.256 e. The van der Waals surface area contributed by atoms with E-state index in [2.05, 4.69) is 16.0 Å². The van der Waals surface area contributed by atoms with Gasteiger partial charge in [-0.05, 0) is 31.0 Å². The average molecular weight is 281 g/mol. The molecule has 1 aliphatic carbocycles. The van der Waals surface area contributed by atoms with Crippen molar-refractivity contribution in [1.29, 1.82) is 5.26 Å². The quantitative estimate of drug-likeness (QED) is 0.851. The van der Waals surface area contributed by atoms with Crippen molar-refractivity contribution in [3.63, 3.8) is 0 Å². The highest BCUT2D eigenvalue weighted by molar-refractivity contribution is 8.00. The molecule has 2 heterocycles. The van der Waals surface area contributed by atoms with E-state index in [0.717, 1.165) is 16.2 Å². The molecule has 0 spiro atoms. The van der Waals surface area contributed by atoms with Gasteiger partial charge in [-0.15, -0.1) is 11.8 Å². The summed E-state index contributed by atoms with van der Waals surface area (Å²) in [5.41, 5.74) is 2.45. The van der Waals surface area contributed by atoms with Gasteiger partial charge in [0.2, 0.25) is 0 Å². The highest BCUT2D eigenvalue weighted by Crippen LogP contribution is 2.40. The topological polar surface area (TPSA) is 49.6 Å². The van der Waals surface area contributed by atoms with Crippen LogP contribution in [0.2, 0.25) is 0 Å². The van der Waals surface area contributed by atoms with Crippen molar-refractivity contribution in [2.24, 2.45) is 0 Å². The maximum absolute atomic E-state index is 9.32. The number of nitriles is 1. The highest BCUT2D eigenvalue weighted by atomic mass is 32.2. The van der Waals surface area contributed by atoms with Crippen LogP contribution < -0.4 is 0 Å². The van der Waals surface area contributed by atoms with Gasteiger partial charge in [0, 0.05) is 23.2 Å². The second kappa shape index (κ2) is 6.06. The van der Waals surface area contributed by atoms with Crippen LogP contribution in [0.1, 0.15) is 31.4 Å². The molecule has 0 N–H and O–H groups in total. The van der Waals surface area contributed by atoms with Crippen LogP contribution >= 0.6 is 11.8 Å². The highest BCUT2D eigenvalue weighted by Gasteiger charge is 2.21. The Kier molecular flexibility index (Phi) is 3.98. The van der Waals surface area contributed by atoms with Gasteiger partial charge in [-0.3, -0.25) is 4.98 Å². The zero-order chi connectivity index (χ0) is 13.8. The van der Waals surface area contributed by atoms with Crippen molar-refractivity contribution < 1.29 is 0 Å². The number of aromatic nitrogens is 2. The van der Waals surface area contributed by atoms with Gasteiger partial charge >= 0.3 is 0 Å². The average Bonchev–Trinajstić information content (AvgIpc) is 3.01. The molecule has 2 aromatic rings. The predicted molar refractivity (Wildman–Crippen MR) is 80.3 cm³/mol.